The monoisotopic (exact) mass is 289 g/mol. The number of rotatable bonds is 2. The first kappa shape index (κ1) is 12.8. The maximum absolute atomic E-state index is 6.10. The molecule has 0 aliphatic carbocycles. The van der Waals surface area contributed by atoms with E-state index in [0.717, 1.165) is 0 Å². The first-order valence-electron chi connectivity index (χ1n) is 4.99. The van der Waals surface area contributed by atoms with Crippen LogP contribution in [-0.4, -0.2) is 0 Å². The van der Waals surface area contributed by atoms with E-state index in [2.05, 4.69) is 0 Å². The van der Waals surface area contributed by atoms with Crippen LogP contribution in [0.15, 0.2) is 28.7 Å². The molecule has 0 saturated heterocycles. The van der Waals surface area contributed by atoms with Gasteiger partial charge in [0, 0.05) is 5.02 Å². The first-order valence-corrected chi connectivity index (χ1v) is 6.12. The van der Waals surface area contributed by atoms with Crippen LogP contribution in [0.25, 0.3) is 11.3 Å². The summed E-state index contributed by atoms with van der Waals surface area (Å²) in [5.41, 5.74) is 6.35. The van der Waals surface area contributed by atoms with E-state index >= 15 is 0 Å². The maximum Gasteiger partial charge on any atom is 0.137 e. The minimum absolute atomic E-state index is 0.173. The molecule has 1 unspecified atom stereocenters. The Kier molecular flexibility index (Phi) is 3.69. The molecule has 2 rings (SSSR count). The lowest BCUT2D eigenvalue weighted by atomic mass is 10.2. The molecule has 0 aliphatic rings. The molecule has 2 nitrogen and oxygen atoms in total. The van der Waals surface area contributed by atoms with Gasteiger partial charge in [0.05, 0.1) is 21.7 Å². The van der Waals surface area contributed by atoms with E-state index in [0.29, 0.717) is 32.2 Å². The number of hydrogen-bond donors (Lipinski definition) is 1. The Morgan fingerprint density at radius 3 is 2.18 bits per heavy atom. The van der Waals surface area contributed by atoms with Crippen LogP contribution in [0.2, 0.25) is 15.1 Å². The van der Waals surface area contributed by atoms with Crippen LogP contribution >= 0.6 is 34.8 Å². The van der Waals surface area contributed by atoms with Crippen molar-refractivity contribution < 1.29 is 4.42 Å². The minimum Gasteiger partial charge on any atom is -0.459 e. The second kappa shape index (κ2) is 4.91. The third-order valence-electron chi connectivity index (χ3n) is 2.33. The second-order valence-electron chi connectivity index (χ2n) is 3.74. The standard InChI is InChI=1S/C12H10Cl3NO/c1-6(16)10-2-3-11(17-10)12-8(14)4-7(13)5-9(12)15/h2-6H,16H2,1H3. The van der Waals surface area contributed by atoms with Gasteiger partial charge in [-0.3, -0.25) is 0 Å². The molecular formula is C12H10Cl3NO. The predicted octanol–water partition coefficient (Wildman–Crippen LogP) is 4.93. The lowest BCUT2D eigenvalue weighted by Gasteiger charge is -2.05. The Balaban J connectivity index is 2.52. The third-order valence-corrected chi connectivity index (χ3v) is 3.14. The minimum atomic E-state index is -0.173. The van der Waals surface area contributed by atoms with Gasteiger partial charge in [0.15, 0.2) is 0 Å². The Labute approximate surface area is 114 Å². The van der Waals surface area contributed by atoms with Gasteiger partial charge in [-0.1, -0.05) is 34.8 Å². The molecule has 1 atom stereocenters. The molecular weight excluding hydrogens is 280 g/mol. The van der Waals surface area contributed by atoms with Crippen molar-refractivity contribution in [1.82, 2.24) is 0 Å². The van der Waals surface area contributed by atoms with Crippen molar-refractivity contribution in [3.63, 3.8) is 0 Å². The van der Waals surface area contributed by atoms with Crippen molar-refractivity contribution in [2.75, 3.05) is 0 Å². The molecule has 0 aliphatic heterocycles. The van der Waals surface area contributed by atoms with E-state index in [9.17, 15) is 0 Å². The zero-order chi connectivity index (χ0) is 12.6. The van der Waals surface area contributed by atoms with E-state index < -0.39 is 0 Å². The summed E-state index contributed by atoms with van der Waals surface area (Å²) < 4.78 is 5.60. The highest BCUT2D eigenvalue weighted by atomic mass is 35.5. The molecule has 0 fully saturated rings. The highest BCUT2D eigenvalue weighted by Crippen LogP contribution is 2.38. The molecule has 2 N–H and O–H groups in total. The average molecular weight is 291 g/mol. The number of benzene rings is 1. The zero-order valence-corrected chi connectivity index (χ0v) is 11.3. The summed E-state index contributed by atoms with van der Waals surface area (Å²) in [5, 5.41) is 1.39. The fourth-order valence-electron chi connectivity index (χ4n) is 1.51. The molecule has 0 spiro atoms. The first-order chi connectivity index (χ1) is 7.99. The van der Waals surface area contributed by atoms with E-state index in [4.69, 9.17) is 45.0 Å². The van der Waals surface area contributed by atoms with Crippen molar-refractivity contribution in [2.24, 2.45) is 5.73 Å². The van der Waals surface area contributed by atoms with Crippen molar-refractivity contribution in [3.8, 4) is 11.3 Å². The molecule has 0 saturated carbocycles. The topological polar surface area (TPSA) is 39.2 Å². The van der Waals surface area contributed by atoms with Gasteiger partial charge in [-0.2, -0.15) is 0 Å². The molecule has 2 aromatic rings. The van der Waals surface area contributed by atoms with Gasteiger partial charge in [0.1, 0.15) is 11.5 Å². The summed E-state index contributed by atoms with van der Waals surface area (Å²) in [6.07, 6.45) is 0. The molecule has 5 heteroatoms. The van der Waals surface area contributed by atoms with Gasteiger partial charge < -0.3 is 10.2 Å². The average Bonchev–Trinajstić information content (AvgIpc) is 2.65. The third kappa shape index (κ3) is 2.61. The van der Waals surface area contributed by atoms with Crippen LogP contribution in [0.3, 0.4) is 0 Å². The largest absolute Gasteiger partial charge is 0.459 e. The maximum atomic E-state index is 6.10. The molecule has 17 heavy (non-hydrogen) atoms. The van der Waals surface area contributed by atoms with Gasteiger partial charge >= 0.3 is 0 Å². The molecule has 1 aromatic heterocycles. The molecule has 90 valence electrons. The number of halogens is 3. The normalized spacial score (nSPS) is 12.8. The summed E-state index contributed by atoms with van der Waals surface area (Å²) >= 11 is 18.0. The van der Waals surface area contributed by atoms with E-state index in [-0.39, 0.29) is 6.04 Å². The summed E-state index contributed by atoms with van der Waals surface area (Å²) in [6, 6.07) is 6.67. The summed E-state index contributed by atoms with van der Waals surface area (Å²) in [4.78, 5) is 0. The van der Waals surface area contributed by atoms with Gasteiger partial charge in [0.25, 0.3) is 0 Å². The number of hydrogen-bond acceptors (Lipinski definition) is 2. The van der Waals surface area contributed by atoms with Crippen LogP contribution in [0.1, 0.15) is 18.7 Å². The summed E-state index contributed by atoms with van der Waals surface area (Å²) in [7, 11) is 0. The Hall–Kier alpha value is -0.670. The fraction of sp³-hybridized carbons (Fsp3) is 0.167. The van der Waals surface area contributed by atoms with Crippen LogP contribution in [-0.2, 0) is 0 Å². The van der Waals surface area contributed by atoms with Crippen LogP contribution < -0.4 is 5.73 Å². The lowest BCUT2D eigenvalue weighted by molar-refractivity contribution is 0.491. The van der Waals surface area contributed by atoms with Crippen LogP contribution in [0.5, 0.6) is 0 Å². The number of nitrogens with two attached hydrogens (primary N) is 1. The molecule has 0 amide bonds. The Morgan fingerprint density at radius 2 is 1.71 bits per heavy atom. The van der Waals surface area contributed by atoms with Crippen LogP contribution in [0.4, 0.5) is 0 Å². The number of furan rings is 1. The van der Waals surface area contributed by atoms with E-state index in [1.807, 2.05) is 6.92 Å². The van der Waals surface area contributed by atoms with Gasteiger partial charge in [-0.05, 0) is 31.2 Å². The molecule has 0 bridgehead atoms. The summed E-state index contributed by atoms with van der Waals surface area (Å²) in [6.45, 7) is 1.84. The highest BCUT2D eigenvalue weighted by Gasteiger charge is 2.15. The Bertz CT molecular complexity index is 525. The van der Waals surface area contributed by atoms with Crippen molar-refractivity contribution >= 4 is 34.8 Å². The molecule has 1 aromatic carbocycles. The van der Waals surface area contributed by atoms with Gasteiger partial charge in [-0.15, -0.1) is 0 Å². The second-order valence-corrected chi connectivity index (χ2v) is 4.99. The van der Waals surface area contributed by atoms with E-state index in [1.54, 1.807) is 24.3 Å². The Morgan fingerprint density at radius 1 is 1.12 bits per heavy atom. The SMILES string of the molecule is CC(N)c1ccc(-c2c(Cl)cc(Cl)cc2Cl)o1. The quantitative estimate of drug-likeness (QED) is 0.852. The van der Waals surface area contributed by atoms with Gasteiger partial charge in [0.2, 0.25) is 0 Å². The highest BCUT2D eigenvalue weighted by molar-refractivity contribution is 6.41. The van der Waals surface area contributed by atoms with Gasteiger partial charge in [-0.25, -0.2) is 0 Å². The van der Waals surface area contributed by atoms with Crippen molar-refractivity contribution in [2.45, 2.75) is 13.0 Å². The molecule has 1 heterocycles. The van der Waals surface area contributed by atoms with Crippen LogP contribution in [0, 0.1) is 0 Å². The fourth-order valence-corrected chi connectivity index (χ4v) is 2.51. The van der Waals surface area contributed by atoms with Crippen molar-refractivity contribution in [1.29, 1.82) is 0 Å². The molecule has 0 radical (unpaired) electrons. The predicted molar refractivity (Wildman–Crippen MR) is 71.8 cm³/mol. The van der Waals surface area contributed by atoms with Crippen molar-refractivity contribution in [3.05, 3.63) is 45.1 Å². The smallest absolute Gasteiger partial charge is 0.137 e. The van der Waals surface area contributed by atoms with E-state index in [1.165, 1.54) is 0 Å². The lowest BCUT2D eigenvalue weighted by Crippen LogP contribution is -2.02. The summed E-state index contributed by atoms with van der Waals surface area (Å²) in [5.74, 6) is 1.27. The zero-order valence-electron chi connectivity index (χ0n) is 9.01.